The molecule has 1 heterocycles. The highest BCUT2D eigenvalue weighted by Crippen LogP contribution is 2.13. The van der Waals surface area contributed by atoms with Crippen molar-refractivity contribution < 1.29 is 22.7 Å². The SMILES string of the molecule is C#CCNS(=O)(=O)c1cccc(C(=O)OCC(=O)N(C)Cc2cccs2)c1. The number of benzene rings is 1. The summed E-state index contributed by atoms with van der Waals surface area (Å²) in [5.41, 5.74) is 0.0206. The smallest absolute Gasteiger partial charge is 0.338 e. The zero-order chi connectivity index (χ0) is 19.9. The molecule has 0 saturated carbocycles. The van der Waals surface area contributed by atoms with Crippen LogP contribution in [0.3, 0.4) is 0 Å². The molecule has 0 aliphatic rings. The van der Waals surface area contributed by atoms with E-state index in [1.807, 2.05) is 17.5 Å². The molecular weight excluding hydrogens is 388 g/mol. The van der Waals surface area contributed by atoms with Gasteiger partial charge < -0.3 is 9.64 Å². The van der Waals surface area contributed by atoms with Gasteiger partial charge in [-0.15, -0.1) is 17.8 Å². The fourth-order valence-corrected chi connectivity index (χ4v) is 3.79. The average molecular weight is 406 g/mol. The second-order valence-electron chi connectivity index (χ2n) is 5.46. The number of carbonyl (C=O) groups excluding carboxylic acids is 2. The predicted molar refractivity (Wildman–Crippen MR) is 102 cm³/mol. The van der Waals surface area contributed by atoms with Crippen molar-refractivity contribution in [2.45, 2.75) is 11.4 Å². The summed E-state index contributed by atoms with van der Waals surface area (Å²) < 4.78 is 31.3. The van der Waals surface area contributed by atoms with Gasteiger partial charge in [0.1, 0.15) is 0 Å². The maximum Gasteiger partial charge on any atom is 0.338 e. The number of carbonyl (C=O) groups is 2. The van der Waals surface area contributed by atoms with E-state index >= 15 is 0 Å². The largest absolute Gasteiger partial charge is 0.452 e. The Morgan fingerprint density at radius 3 is 2.74 bits per heavy atom. The number of likely N-dealkylation sites (N-methyl/N-ethyl adjacent to an activating group) is 1. The zero-order valence-electron chi connectivity index (χ0n) is 14.5. The topological polar surface area (TPSA) is 92.8 Å². The fourth-order valence-electron chi connectivity index (χ4n) is 2.06. The van der Waals surface area contributed by atoms with E-state index in [9.17, 15) is 18.0 Å². The second kappa shape index (κ2) is 9.32. The Balaban J connectivity index is 1.97. The van der Waals surface area contributed by atoms with E-state index in [0.29, 0.717) is 6.54 Å². The molecule has 0 aliphatic heterocycles. The summed E-state index contributed by atoms with van der Waals surface area (Å²) >= 11 is 1.52. The molecule has 0 fully saturated rings. The number of thiophene rings is 1. The van der Waals surface area contributed by atoms with Crippen molar-refractivity contribution in [3.05, 3.63) is 52.2 Å². The van der Waals surface area contributed by atoms with Crippen LogP contribution in [0, 0.1) is 12.3 Å². The summed E-state index contributed by atoms with van der Waals surface area (Å²) in [4.78, 5) is 26.6. The van der Waals surface area contributed by atoms with Gasteiger partial charge in [0.05, 0.1) is 23.5 Å². The van der Waals surface area contributed by atoms with E-state index in [1.54, 1.807) is 7.05 Å². The number of nitrogens with zero attached hydrogens (tertiary/aromatic N) is 1. The fraction of sp³-hybridized carbons (Fsp3) is 0.222. The number of esters is 1. The minimum Gasteiger partial charge on any atom is -0.452 e. The van der Waals surface area contributed by atoms with Gasteiger partial charge in [-0.1, -0.05) is 18.1 Å². The van der Waals surface area contributed by atoms with Crippen molar-refractivity contribution in [2.24, 2.45) is 0 Å². The summed E-state index contributed by atoms with van der Waals surface area (Å²) in [7, 11) is -2.22. The highest BCUT2D eigenvalue weighted by Gasteiger charge is 2.18. The summed E-state index contributed by atoms with van der Waals surface area (Å²) in [6.45, 7) is -0.183. The maximum absolute atomic E-state index is 12.1. The van der Waals surface area contributed by atoms with E-state index < -0.39 is 22.6 Å². The molecule has 2 rings (SSSR count). The first-order chi connectivity index (χ1) is 12.8. The van der Waals surface area contributed by atoms with Crippen LogP contribution < -0.4 is 4.72 Å². The standard InChI is InChI=1S/C18H18N2O5S2/c1-3-9-19-27(23,24)16-8-4-6-14(11-16)18(22)25-13-17(21)20(2)12-15-7-5-10-26-15/h1,4-8,10-11,19H,9,12-13H2,2H3. The van der Waals surface area contributed by atoms with Gasteiger partial charge in [-0.25, -0.2) is 13.2 Å². The van der Waals surface area contributed by atoms with Crippen LogP contribution in [-0.4, -0.2) is 45.4 Å². The number of rotatable bonds is 8. The van der Waals surface area contributed by atoms with Crippen molar-refractivity contribution in [1.29, 1.82) is 0 Å². The van der Waals surface area contributed by atoms with Crippen molar-refractivity contribution >= 4 is 33.2 Å². The molecule has 0 unspecified atom stereocenters. The first-order valence-corrected chi connectivity index (χ1v) is 10.2. The van der Waals surface area contributed by atoms with Crippen LogP contribution in [0.1, 0.15) is 15.2 Å². The number of nitrogens with one attached hydrogen (secondary N) is 1. The van der Waals surface area contributed by atoms with Gasteiger partial charge >= 0.3 is 5.97 Å². The Hall–Kier alpha value is -2.67. The van der Waals surface area contributed by atoms with Crippen LogP contribution in [0.15, 0.2) is 46.7 Å². The van der Waals surface area contributed by atoms with Crippen molar-refractivity contribution in [1.82, 2.24) is 9.62 Å². The van der Waals surface area contributed by atoms with E-state index in [1.165, 1.54) is 40.5 Å². The molecule has 1 N–H and O–H groups in total. The lowest BCUT2D eigenvalue weighted by Crippen LogP contribution is -2.30. The van der Waals surface area contributed by atoms with Gasteiger partial charge in [-0.2, -0.15) is 4.72 Å². The van der Waals surface area contributed by atoms with Gasteiger partial charge in [0.15, 0.2) is 6.61 Å². The van der Waals surface area contributed by atoms with E-state index in [0.717, 1.165) is 4.88 Å². The molecule has 9 heteroatoms. The molecule has 0 atom stereocenters. The van der Waals surface area contributed by atoms with E-state index in [-0.39, 0.29) is 22.9 Å². The van der Waals surface area contributed by atoms with Gasteiger partial charge in [-0.3, -0.25) is 4.79 Å². The molecule has 7 nitrogen and oxygen atoms in total. The normalized spacial score (nSPS) is 10.8. The first-order valence-electron chi connectivity index (χ1n) is 7.80. The van der Waals surface area contributed by atoms with Gasteiger partial charge in [-0.05, 0) is 29.6 Å². The molecule has 1 amide bonds. The number of terminal acetylenes is 1. The molecule has 0 radical (unpaired) electrons. The molecule has 142 valence electrons. The summed E-state index contributed by atoms with van der Waals surface area (Å²) in [6.07, 6.45) is 5.04. The minimum atomic E-state index is -3.83. The Labute approximate surface area is 162 Å². The van der Waals surface area contributed by atoms with Crippen LogP contribution >= 0.6 is 11.3 Å². The number of sulfonamides is 1. The molecule has 0 bridgehead atoms. The second-order valence-corrected chi connectivity index (χ2v) is 8.26. The molecule has 1 aromatic carbocycles. The first kappa shape index (κ1) is 20.6. The third-order valence-electron chi connectivity index (χ3n) is 3.47. The third kappa shape index (κ3) is 5.92. The Morgan fingerprint density at radius 2 is 2.07 bits per heavy atom. The van der Waals surface area contributed by atoms with E-state index in [2.05, 4.69) is 10.6 Å². The minimum absolute atomic E-state index is 0.0206. The van der Waals surface area contributed by atoms with Gasteiger partial charge in [0.25, 0.3) is 5.91 Å². The number of hydrogen-bond donors (Lipinski definition) is 1. The van der Waals surface area contributed by atoms with Crippen LogP contribution in [0.25, 0.3) is 0 Å². The highest BCUT2D eigenvalue weighted by molar-refractivity contribution is 7.89. The lowest BCUT2D eigenvalue weighted by molar-refractivity contribution is -0.133. The van der Waals surface area contributed by atoms with Gasteiger partial charge in [0.2, 0.25) is 10.0 Å². The van der Waals surface area contributed by atoms with Gasteiger partial charge in [0, 0.05) is 11.9 Å². The lowest BCUT2D eigenvalue weighted by atomic mass is 10.2. The van der Waals surface area contributed by atoms with Crippen LogP contribution in [0.5, 0.6) is 0 Å². The summed E-state index contributed by atoms with van der Waals surface area (Å²) in [5.74, 6) is 1.01. The molecule has 27 heavy (non-hydrogen) atoms. The number of ether oxygens (including phenoxy) is 1. The predicted octanol–water partition coefficient (Wildman–Crippen LogP) is 1.47. The monoisotopic (exact) mass is 406 g/mol. The highest BCUT2D eigenvalue weighted by atomic mass is 32.2. The lowest BCUT2D eigenvalue weighted by Gasteiger charge is -2.16. The Morgan fingerprint density at radius 1 is 1.30 bits per heavy atom. The molecule has 0 aliphatic carbocycles. The molecule has 2 aromatic rings. The molecule has 1 aromatic heterocycles. The maximum atomic E-state index is 12.1. The molecule has 0 spiro atoms. The van der Waals surface area contributed by atoms with Crippen molar-refractivity contribution in [2.75, 3.05) is 20.2 Å². The number of hydrogen-bond acceptors (Lipinski definition) is 6. The van der Waals surface area contributed by atoms with Crippen LogP contribution in [-0.2, 0) is 26.1 Å². The summed E-state index contributed by atoms with van der Waals surface area (Å²) in [6, 6.07) is 9.10. The quantitative estimate of drug-likeness (QED) is 0.529. The van der Waals surface area contributed by atoms with Crippen LogP contribution in [0.2, 0.25) is 0 Å². The van der Waals surface area contributed by atoms with Crippen molar-refractivity contribution in [3.63, 3.8) is 0 Å². The zero-order valence-corrected chi connectivity index (χ0v) is 16.2. The molecule has 0 saturated heterocycles. The Kier molecular flexibility index (Phi) is 7.12. The van der Waals surface area contributed by atoms with Crippen molar-refractivity contribution in [3.8, 4) is 12.3 Å². The third-order valence-corrected chi connectivity index (χ3v) is 5.73. The number of amides is 1. The molecular formula is C18H18N2O5S2. The van der Waals surface area contributed by atoms with Crippen LogP contribution in [0.4, 0.5) is 0 Å². The van der Waals surface area contributed by atoms with E-state index in [4.69, 9.17) is 11.2 Å². The summed E-state index contributed by atoms with van der Waals surface area (Å²) in [5, 5.41) is 1.91. The average Bonchev–Trinajstić information content (AvgIpc) is 3.17. The Bertz CT molecular complexity index is 946.